The Morgan fingerprint density at radius 3 is 2.52 bits per heavy atom. The van der Waals surface area contributed by atoms with Crippen LogP contribution >= 0.6 is 0 Å². The van der Waals surface area contributed by atoms with Crippen LogP contribution in [0.1, 0.15) is 33.7 Å². The molecule has 0 saturated carbocycles. The van der Waals surface area contributed by atoms with Crippen LogP contribution in [0.5, 0.6) is 11.5 Å². The fourth-order valence-corrected chi connectivity index (χ4v) is 3.83. The average Bonchev–Trinajstić information content (AvgIpc) is 3.42. The van der Waals surface area contributed by atoms with Crippen LogP contribution in [-0.2, 0) is 32.4 Å². The first kappa shape index (κ1) is 32.0. The molecule has 1 unspecified atom stereocenters. The number of nitrogens with zero attached hydrogens (tertiary/aromatic N) is 5. The molecule has 1 atom stereocenters. The van der Waals surface area contributed by atoms with Crippen molar-refractivity contribution in [3.8, 4) is 11.5 Å². The highest BCUT2D eigenvalue weighted by molar-refractivity contribution is 5.91. The van der Waals surface area contributed by atoms with Crippen LogP contribution in [0.2, 0.25) is 0 Å². The van der Waals surface area contributed by atoms with Crippen molar-refractivity contribution in [3.63, 3.8) is 0 Å². The topological polar surface area (TPSA) is 113 Å². The van der Waals surface area contributed by atoms with E-state index in [1.807, 2.05) is 0 Å². The zero-order chi connectivity index (χ0) is 31.9. The van der Waals surface area contributed by atoms with Gasteiger partial charge in [-0.3, -0.25) is 14.6 Å². The lowest BCUT2D eigenvalue weighted by Crippen LogP contribution is -2.24. The van der Waals surface area contributed by atoms with E-state index in [1.165, 1.54) is 35.2 Å². The molecule has 1 aromatic carbocycles. The molecule has 0 aliphatic carbocycles. The smallest absolute Gasteiger partial charge is 0.489 e. The molecule has 0 spiro atoms. The van der Waals surface area contributed by atoms with E-state index >= 15 is 0 Å². The molecule has 4 aromatic rings. The second-order valence-corrected chi connectivity index (χ2v) is 9.31. The summed E-state index contributed by atoms with van der Waals surface area (Å²) in [7, 11) is 0. The Hall–Kier alpha value is -4.96. The zero-order valence-corrected chi connectivity index (χ0v) is 22.5. The van der Waals surface area contributed by atoms with Crippen molar-refractivity contribution in [3.05, 3.63) is 100.0 Å². The van der Waals surface area contributed by atoms with Gasteiger partial charge in [0.2, 0.25) is 0 Å². The number of nitrogens with one attached hydrogen (secondary N) is 1. The molecule has 0 radical (unpaired) electrons. The number of halogens is 7. The fraction of sp³-hybridized carbons (Fsp3) is 0.296. The normalized spacial score (nSPS) is 12.5. The van der Waals surface area contributed by atoms with Crippen LogP contribution in [-0.4, -0.2) is 43.0 Å². The third-order valence-electron chi connectivity index (χ3n) is 5.92. The Bertz CT molecular complexity index is 1640. The summed E-state index contributed by atoms with van der Waals surface area (Å²) in [6.45, 7) is -0.696. The standard InChI is InChI=1S/C27H23F7N6O4/c28-19(14-40-15-23(37-38-40)25(42)36-13-20-11-18(4-7-35-20)26(29,30)31)6-9-39-8-5-17(10-24(39)41)16-43-21-2-1-3-22(12-21)44-27(32,33)34/h1-5,7-8,10-12,15,19H,6,9,13-14,16H2,(H,36,42). The van der Waals surface area contributed by atoms with Gasteiger partial charge >= 0.3 is 12.5 Å². The molecule has 0 aliphatic rings. The number of hydrogen-bond donors (Lipinski definition) is 1. The summed E-state index contributed by atoms with van der Waals surface area (Å²) in [6.07, 6.45) is -7.41. The number of ether oxygens (including phenoxy) is 2. The van der Waals surface area contributed by atoms with E-state index in [2.05, 4.69) is 25.3 Å². The van der Waals surface area contributed by atoms with Crippen molar-refractivity contribution >= 4 is 5.91 Å². The highest BCUT2D eigenvalue weighted by Crippen LogP contribution is 2.29. The van der Waals surface area contributed by atoms with Gasteiger partial charge in [-0.05, 0) is 42.3 Å². The quantitative estimate of drug-likeness (QED) is 0.227. The molecule has 3 heterocycles. The summed E-state index contributed by atoms with van der Waals surface area (Å²) in [5.74, 6) is -1.11. The maximum absolute atomic E-state index is 14.6. The fourth-order valence-electron chi connectivity index (χ4n) is 3.83. The highest BCUT2D eigenvalue weighted by atomic mass is 19.4. The molecule has 0 bridgehead atoms. The number of carbonyl (C=O) groups excluding carboxylic acids is 1. The van der Waals surface area contributed by atoms with Crippen molar-refractivity contribution < 1.29 is 45.0 Å². The second kappa shape index (κ2) is 13.6. The molecular formula is C27H23F7N6O4. The summed E-state index contributed by atoms with van der Waals surface area (Å²) in [6, 6.07) is 9.31. The summed E-state index contributed by atoms with van der Waals surface area (Å²) >= 11 is 0. The van der Waals surface area contributed by atoms with E-state index in [0.717, 1.165) is 35.1 Å². The molecule has 10 nitrogen and oxygen atoms in total. The molecule has 234 valence electrons. The first-order valence-corrected chi connectivity index (χ1v) is 12.8. The van der Waals surface area contributed by atoms with Crippen LogP contribution in [0.4, 0.5) is 30.7 Å². The largest absolute Gasteiger partial charge is 0.573 e. The number of alkyl halides is 7. The molecule has 4 rings (SSSR count). The molecule has 17 heteroatoms. The Labute approximate surface area is 244 Å². The van der Waals surface area contributed by atoms with E-state index in [0.29, 0.717) is 5.56 Å². The van der Waals surface area contributed by atoms with Crippen LogP contribution in [0.25, 0.3) is 0 Å². The molecule has 1 amide bonds. The summed E-state index contributed by atoms with van der Waals surface area (Å²) < 4.78 is 102. The first-order chi connectivity index (χ1) is 20.7. The lowest BCUT2D eigenvalue weighted by molar-refractivity contribution is -0.274. The van der Waals surface area contributed by atoms with E-state index in [-0.39, 0.29) is 49.8 Å². The van der Waals surface area contributed by atoms with Crippen molar-refractivity contribution in [2.75, 3.05) is 0 Å². The third-order valence-corrected chi connectivity index (χ3v) is 5.92. The van der Waals surface area contributed by atoms with Crippen LogP contribution < -0.4 is 20.3 Å². The van der Waals surface area contributed by atoms with Gasteiger partial charge in [-0.2, -0.15) is 13.2 Å². The minimum Gasteiger partial charge on any atom is -0.489 e. The van der Waals surface area contributed by atoms with Crippen LogP contribution in [0.3, 0.4) is 0 Å². The maximum Gasteiger partial charge on any atom is 0.573 e. The number of carbonyl (C=O) groups is 1. The van der Waals surface area contributed by atoms with Crippen molar-refractivity contribution in [2.45, 2.75) is 51.4 Å². The van der Waals surface area contributed by atoms with Gasteiger partial charge in [0.1, 0.15) is 24.3 Å². The average molecular weight is 629 g/mol. The van der Waals surface area contributed by atoms with Gasteiger partial charge in [0.15, 0.2) is 5.69 Å². The SMILES string of the molecule is O=C(NCc1cc(C(F)(F)F)ccn1)c1cn(CC(F)CCn2ccc(COc3cccc(OC(F)(F)F)c3)cc2=O)nn1. The molecule has 3 aromatic heterocycles. The molecule has 1 N–H and O–H groups in total. The number of benzene rings is 1. The van der Waals surface area contributed by atoms with Crippen molar-refractivity contribution in [2.24, 2.45) is 0 Å². The van der Waals surface area contributed by atoms with E-state index < -0.39 is 41.5 Å². The third kappa shape index (κ3) is 9.53. The molecule has 0 fully saturated rings. The van der Waals surface area contributed by atoms with Crippen LogP contribution in [0, 0.1) is 0 Å². The van der Waals surface area contributed by atoms with E-state index in [1.54, 1.807) is 6.07 Å². The minimum absolute atomic E-state index is 0.00396. The Morgan fingerprint density at radius 2 is 1.80 bits per heavy atom. The number of amides is 1. The maximum atomic E-state index is 14.6. The minimum atomic E-state index is -4.85. The molecule has 0 saturated heterocycles. The summed E-state index contributed by atoms with van der Waals surface area (Å²) in [5.41, 5.74) is -1.14. The molecular weight excluding hydrogens is 605 g/mol. The van der Waals surface area contributed by atoms with Gasteiger partial charge in [0.25, 0.3) is 11.5 Å². The monoisotopic (exact) mass is 628 g/mol. The predicted octanol–water partition coefficient (Wildman–Crippen LogP) is 4.69. The first-order valence-electron chi connectivity index (χ1n) is 12.8. The number of hydrogen-bond acceptors (Lipinski definition) is 7. The lowest BCUT2D eigenvalue weighted by atomic mass is 10.2. The van der Waals surface area contributed by atoms with Gasteiger partial charge in [0, 0.05) is 31.1 Å². The van der Waals surface area contributed by atoms with Gasteiger partial charge in [-0.15, -0.1) is 18.3 Å². The lowest BCUT2D eigenvalue weighted by Gasteiger charge is -2.12. The molecule has 44 heavy (non-hydrogen) atoms. The van der Waals surface area contributed by atoms with E-state index in [9.17, 15) is 40.3 Å². The predicted molar refractivity (Wildman–Crippen MR) is 138 cm³/mol. The summed E-state index contributed by atoms with van der Waals surface area (Å²) in [5, 5.41) is 9.71. The Kier molecular flexibility index (Phi) is 9.85. The van der Waals surface area contributed by atoms with Crippen molar-refractivity contribution in [1.82, 2.24) is 29.9 Å². The number of rotatable bonds is 12. The zero-order valence-electron chi connectivity index (χ0n) is 22.5. The number of aromatic nitrogens is 5. The van der Waals surface area contributed by atoms with Crippen molar-refractivity contribution in [1.29, 1.82) is 0 Å². The van der Waals surface area contributed by atoms with Gasteiger partial charge in [0.05, 0.1) is 30.5 Å². The Balaban J connectivity index is 1.23. The molecule has 0 aliphatic heterocycles. The number of aryl methyl sites for hydroxylation is 1. The van der Waals surface area contributed by atoms with E-state index in [4.69, 9.17) is 4.74 Å². The number of pyridine rings is 2. The highest BCUT2D eigenvalue weighted by Gasteiger charge is 2.31. The van der Waals surface area contributed by atoms with Gasteiger partial charge < -0.3 is 19.4 Å². The van der Waals surface area contributed by atoms with Gasteiger partial charge in [-0.1, -0.05) is 11.3 Å². The second-order valence-electron chi connectivity index (χ2n) is 9.31. The van der Waals surface area contributed by atoms with Crippen LogP contribution in [0.15, 0.2) is 71.9 Å². The van der Waals surface area contributed by atoms with Gasteiger partial charge in [-0.25, -0.2) is 9.07 Å². The Morgan fingerprint density at radius 1 is 1.02 bits per heavy atom. The summed E-state index contributed by atoms with van der Waals surface area (Å²) in [4.78, 5) is 28.5.